The van der Waals surface area contributed by atoms with Crippen LogP contribution in [0.1, 0.15) is 12.5 Å². The van der Waals surface area contributed by atoms with Crippen LogP contribution in [0.2, 0.25) is 5.02 Å². The monoisotopic (exact) mass is 283 g/mol. The molecule has 0 aromatic heterocycles. The summed E-state index contributed by atoms with van der Waals surface area (Å²) < 4.78 is 5.52. The van der Waals surface area contributed by atoms with Crippen LogP contribution < -0.4 is 0 Å². The molecule has 1 fully saturated rings. The van der Waals surface area contributed by atoms with Crippen LogP contribution in [0.25, 0.3) is 0 Å². The van der Waals surface area contributed by atoms with Crippen molar-refractivity contribution in [3.63, 3.8) is 0 Å². The van der Waals surface area contributed by atoms with Gasteiger partial charge in [-0.05, 0) is 24.6 Å². The van der Waals surface area contributed by atoms with Gasteiger partial charge in [-0.15, -0.1) is 0 Å². The van der Waals surface area contributed by atoms with Crippen LogP contribution in [0.15, 0.2) is 24.3 Å². The van der Waals surface area contributed by atoms with E-state index in [2.05, 4.69) is 0 Å². The second kappa shape index (κ2) is 6.37. The summed E-state index contributed by atoms with van der Waals surface area (Å²) in [7, 11) is 0. The first-order chi connectivity index (χ1) is 9.08. The molecule has 2 unspecified atom stereocenters. The molecule has 0 bridgehead atoms. The number of hydrogen-bond acceptors (Lipinski definition) is 3. The van der Waals surface area contributed by atoms with Crippen LogP contribution in [0.4, 0.5) is 0 Å². The minimum Gasteiger partial charge on any atom is -0.394 e. The van der Waals surface area contributed by atoms with Crippen molar-refractivity contribution < 1.29 is 14.6 Å². The first-order valence-electron chi connectivity index (χ1n) is 6.37. The van der Waals surface area contributed by atoms with E-state index < -0.39 is 0 Å². The van der Waals surface area contributed by atoms with Crippen molar-refractivity contribution >= 4 is 17.5 Å². The fourth-order valence-electron chi connectivity index (χ4n) is 2.24. The average Bonchev–Trinajstić information content (AvgIpc) is 2.40. The van der Waals surface area contributed by atoms with Gasteiger partial charge >= 0.3 is 0 Å². The van der Waals surface area contributed by atoms with Gasteiger partial charge in [0.25, 0.3) is 0 Å². The van der Waals surface area contributed by atoms with E-state index in [0.717, 1.165) is 5.56 Å². The molecule has 1 N–H and O–H groups in total. The fourth-order valence-corrected chi connectivity index (χ4v) is 2.36. The maximum atomic E-state index is 12.2. The summed E-state index contributed by atoms with van der Waals surface area (Å²) >= 11 is 5.81. The molecule has 2 rings (SSSR count). The van der Waals surface area contributed by atoms with Crippen LogP contribution in [0.3, 0.4) is 0 Å². The van der Waals surface area contributed by atoms with E-state index in [1.54, 1.807) is 17.0 Å². The summed E-state index contributed by atoms with van der Waals surface area (Å²) in [6.45, 7) is 2.87. The Morgan fingerprint density at radius 1 is 1.42 bits per heavy atom. The Balaban J connectivity index is 1.97. The summed E-state index contributed by atoms with van der Waals surface area (Å²) in [5.41, 5.74) is 0.939. The number of amides is 1. The highest BCUT2D eigenvalue weighted by Crippen LogP contribution is 2.14. The number of benzene rings is 1. The first kappa shape index (κ1) is 14.3. The van der Waals surface area contributed by atoms with Crippen molar-refractivity contribution in [2.45, 2.75) is 25.6 Å². The molecule has 0 aliphatic carbocycles. The predicted molar refractivity (Wildman–Crippen MR) is 73.2 cm³/mol. The second-order valence-electron chi connectivity index (χ2n) is 4.85. The predicted octanol–water partition coefficient (Wildman–Crippen LogP) is 1.49. The minimum absolute atomic E-state index is 0.0416. The van der Waals surface area contributed by atoms with E-state index in [1.165, 1.54) is 0 Å². The summed E-state index contributed by atoms with van der Waals surface area (Å²) in [6.07, 6.45) is 0.0279. The number of ether oxygens (including phenoxy) is 1. The van der Waals surface area contributed by atoms with Gasteiger partial charge < -0.3 is 14.7 Å². The number of carbonyl (C=O) groups excluding carboxylic acids is 1. The molecule has 104 valence electrons. The smallest absolute Gasteiger partial charge is 0.227 e. The molecule has 1 aromatic carbocycles. The van der Waals surface area contributed by atoms with Crippen LogP contribution in [0, 0.1) is 0 Å². The third-order valence-electron chi connectivity index (χ3n) is 3.15. The Kier molecular flexibility index (Phi) is 4.80. The lowest BCUT2D eigenvalue weighted by molar-refractivity contribution is -0.146. The lowest BCUT2D eigenvalue weighted by Crippen LogP contribution is -2.50. The zero-order chi connectivity index (χ0) is 13.8. The lowest BCUT2D eigenvalue weighted by atomic mass is 10.1. The van der Waals surface area contributed by atoms with Crippen molar-refractivity contribution in [1.82, 2.24) is 4.90 Å². The Bertz CT molecular complexity index is 435. The highest BCUT2D eigenvalue weighted by molar-refractivity contribution is 6.30. The van der Waals surface area contributed by atoms with Gasteiger partial charge in [0.1, 0.15) is 0 Å². The Morgan fingerprint density at radius 3 is 2.74 bits per heavy atom. The molecule has 1 heterocycles. The number of rotatable bonds is 3. The maximum Gasteiger partial charge on any atom is 0.227 e. The topological polar surface area (TPSA) is 49.8 Å². The van der Waals surface area contributed by atoms with Crippen molar-refractivity contribution in [2.24, 2.45) is 0 Å². The molecular formula is C14H18ClNO3. The van der Waals surface area contributed by atoms with Gasteiger partial charge in [-0.25, -0.2) is 0 Å². The third-order valence-corrected chi connectivity index (χ3v) is 3.40. The molecule has 1 saturated heterocycles. The molecule has 5 heteroatoms. The van der Waals surface area contributed by atoms with Crippen LogP contribution in [0.5, 0.6) is 0 Å². The average molecular weight is 284 g/mol. The summed E-state index contributed by atoms with van der Waals surface area (Å²) in [5, 5.41) is 9.81. The summed E-state index contributed by atoms with van der Waals surface area (Å²) in [6, 6.07) is 7.27. The van der Waals surface area contributed by atoms with E-state index in [1.807, 2.05) is 19.1 Å². The number of aliphatic hydroxyl groups is 1. The van der Waals surface area contributed by atoms with Gasteiger partial charge in [0, 0.05) is 18.1 Å². The fraction of sp³-hybridized carbons (Fsp3) is 0.500. The molecule has 0 spiro atoms. The second-order valence-corrected chi connectivity index (χ2v) is 5.29. The van der Waals surface area contributed by atoms with Gasteiger partial charge in [-0.2, -0.15) is 0 Å². The lowest BCUT2D eigenvalue weighted by Gasteiger charge is -2.36. The summed E-state index contributed by atoms with van der Waals surface area (Å²) in [4.78, 5) is 14.0. The highest BCUT2D eigenvalue weighted by atomic mass is 35.5. The Labute approximate surface area is 117 Å². The van der Waals surface area contributed by atoms with E-state index in [0.29, 0.717) is 24.5 Å². The molecule has 0 radical (unpaired) electrons. The van der Waals surface area contributed by atoms with Gasteiger partial charge in [-0.3, -0.25) is 4.79 Å². The van der Waals surface area contributed by atoms with Crippen LogP contribution in [-0.2, 0) is 16.0 Å². The molecule has 1 aromatic rings. The molecule has 4 nitrogen and oxygen atoms in total. The zero-order valence-electron chi connectivity index (χ0n) is 10.9. The zero-order valence-corrected chi connectivity index (χ0v) is 11.6. The number of halogens is 1. The van der Waals surface area contributed by atoms with E-state index >= 15 is 0 Å². The van der Waals surface area contributed by atoms with Gasteiger partial charge in [0.2, 0.25) is 5.91 Å². The van der Waals surface area contributed by atoms with Gasteiger partial charge in [0.05, 0.1) is 25.2 Å². The number of hydrogen-bond donors (Lipinski definition) is 1. The summed E-state index contributed by atoms with van der Waals surface area (Å²) in [5.74, 6) is 0.0518. The van der Waals surface area contributed by atoms with Gasteiger partial charge in [-0.1, -0.05) is 23.7 Å². The SMILES string of the molecule is CC1CN(C(=O)Cc2ccc(Cl)cc2)CC(CO)O1. The van der Waals surface area contributed by atoms with Crippen LogP contribution in [-0.4, -0.2) is 47.8 Å². The molecule has 0 saturated carbocycles. The highest BCUT2D eigenvalue weighted by Gasteiger charge is 2.27. The number of aliphatic hydroxyl groups excluding tert-OH is 1. The molecule has 19 heavy (non-hydrogen) atoms. The molecular weight excluding hydrogens is 266 g/mol. The van der Waals surface area contributed by atoms with Crippen molar-refractivity contribution in [3.05, 3.63) is 34.9 Å². The normalized spacial score (nSPS) is 23.4. The molecule has 1 amide bonds. The Hall–Kier alpha value is -1.10. The van der Waals surface area contributed by atoms with Crippen molar-refractivity contribution in [3.8, 4) is 0 Å². The van der Waals surface area contributed by atoms with E-state index in [4.69, 9.17) is 21.4 Å². The van der Waals surface area contributed by atoms with Crippen LogP contribution >= 0.6 is 11.6 Å². The van der Waals surface area contributed by atoms with Crippen molar-refractivity contribution in [1.29, 1.82) is 0 Å². The van der Waals surface area contributed by atoms with E-state index in [9.17, 15) is 4.79 Å². The number of morpholine rings is 1. The minimum atomic E-state index is -0.280. The standard InChI is InChI=1S/C14H18ClNO3/c1-10-7-16(8-13(9-17)19-10)14(18)6-11-2-4-12(15)5-3-11/h2-5,10,13,17H,6-9H2,1H3. The first-order valence-corrected chi connectivity index (χ1v) is 6.75. The quantitative estimate of drug-likeness (QED) is 0.914. The largest absolute Gasteiger partial charge is 0.394 e. The number of nitrogens with zero attached hydrogens (tertiary/aromatic N) is 1. The maximum absolute atomic E-state index is 12.2. The molecule has 2 atom stereocenters. The van der Waals surface area contributed by atoms with E-state index in [-0.39, 0.29) is 24.7 Å². The Morgan fingerprint density at radius 2 is 2.11 bits per heavy atom. The molecule has 1 aliphatic heterocycles. The number of carbonyl (C=O) groups is 1. The van der Waals surface area contributed by atoms with Crippen molar-refractivity contribution in [2.75, 3.05) is 19.7 Å². The third kappa shape index (κ3) is 3.93. The molecule has 1 aliphatic rings. The van der Waals surface area contributed by atoms with Gasteiger partial charge in [0.15, 0.2) is 0 Å².